The van der Waals surface area contributed by atoms with Gasteiger partial charge in [0.1, 0.15) is 12.4 Å². The standard InChI is InChI=1S/C15H12N2O2/c16-10-4-6-12-19-14-8-2-1-7-13(14)17-11-5-3-9-15(17)18/h1-9,11H,12H2. The summed E-state index contributed by atoms with van der Waals surface area (Å²) >= 11 is 0. The molecular formula is C15H12N2O2. The highest BCUT2D eigenvalue weighted by Crippen LogP contribution is 2.20. The molecule has 0 aliphatic heterocycles. The summed E-state index contributed by atoms with van der Waals surface area (Å²) < 4.78 is 7.07. The second-order valence-corrected chi connectivity index (χ2v) is 3.72. The average molecular weight is 252 g/mol. The van der Waals surface area contributed by atoms with E-state index in [2.05, 4.69) is 0 Å². The summed E-state index contributed by atoms with van der Waals surface area (Å²) in [5.74, 6) is 0.596. The Hall–Kier alpha value is -2.80. The molecule has 0 spiro atoms. The topological polar surface area (TPSA) is 55.0 Å². The zero-order chi connectivity index (χ0) is 13.5. The molecule has 2 rings (SSSR count). The van der Waals surface area contributed by atoms with E-state index in [0.29, 0.717) is 11.4 Å². The van der Waals surface area contributed by atoms with Crippen LogP contribution in [0.1, 0.15) is 0 Å². The van der Waals surface area contributed by atoms with Crippen LogP contribution in [0, 0.1) is 11.3 Å². The number of rotatable bonds is 4. The Bertz CT molecular complexity index is 681. The van der Waals surface area contributed by atoms with Gasteiger partial charge in [0.05, 0.1) is 11.8 Å². The molecule has 0 aliphatic rings. The Morgan fingerprint density at radius 1 is 1.21 bits per heavy atom. The molecule has 19 heavy (non-hydrogen) atoms. The van der Waals surface area contributed by atoms with Crippen molar-refractivity contribution in [2.45, 2.75) is 0 Å². The van der Waals surface area contributed by atoms with Gasteiger partial charge >= 0.3 is 0 Å². The smallest absolute Gasteiger partial charge is 0.255 e. The predicted octanol–water partition coefficient (Wildman–Crippen LogP) is 2.30. The number of nitriles is 1. The van der Waals surface area contributed by atoms with E-state index in [-0.39, 0.29) is 12.2 Å². The fraction of sp³-hybridized carbons (Fsp3) is 0.0667. The van der Waals surface area contributed by atoms with Crippen molar-refractivity contribution < 1.29 is 4.74 Å². The lowest BCUT2D eigenvalue weighted by molar-refractivity contribution is 0.361. The van der Waals surface area contributed by atoms with E-state index >= 15 is 0 Å². The molecule has 0 saturated carbocycles. The van der Waals surface area contributed by atoms with Crippen LogP contribution < -0.4 is 10.3 Å². The monoisotopic (exact) mass is 252 g/mol. The van der Waals surface area contributed by atoms with Gasteiger partial charge in [-0.05, 0) is 24.3 Å². The number of pyridine rings is 1. The van der Waals surface area contributed by atoms with Crippen LogP contribution >= 0.6 is 0 Å². The van der Waals surface area contributed by atoms with E-state index in [0.717, 1.165) is 0 Å². The number of benzene rings is 1. The lowest BCUT2D eigenvalue weighted by Gasteiger charge is -2.11. The number of nitrogens with zero attached hydrogens (tertiary/aromatic N) is 2. The summed E-state index contributed by atoms with van der Waals surface area (Å²) in [6.07, 6.45) is 4.66. The molecule has 0 N–H and O–H groups in total. The predicted molar refractivity (Wildman–Crippen MR) is 72.3 cm³/mol. The van der Waals surface area contributed by atoms with Gasteiger partial charge in [-0.15, -0.1) is 0 Å². The van der Waals surface area contributed by atoms with Crippen LogP contribution in [0.4, 0.5) is 0 Å². The third-order valence-electron chi connectivity index (χ3n) is 2.47. The van der Waals surface area contributed by atoms with Crippen LogP contribution in [0.3, 0.4) is 0 Å². The second-order valence-electron chi connectivity index (χ2n) is 3.72. The van der Waals surface area contributed by atoms with Crippen LogP contribution in [-0.4, -0.2) is 11.2 Å². The molecule has 4 nitrogen and oxygen atoms in total. The second kappa shape index (κ2) is 6.22. The zero-order valence-corrected chi connectivity index (χ0v) is 10.2. The molecule has 0 atom stereocenters. The van der Waals surface area contributed by atoms with Crippen LogP contribution in [0.25, 0.3) is 5.69 Å². The van der Waals surface area contributed by atoms with Crippen molar-refractivity contribution in [2.75, 3.05) is 6.61 Å². The van der Waals surface area contributed by atoms with E-state index in [1.54, 1.807) is 30.5 Å². The van der Waals surface area contributed by atoms with Gasteiger partial charge in [0.2, 0.25) is 0 Å². The first-order valence-corrected chi connectivity index (χ1v) is 5.77. The summed E-state index contributed by atoms with van der Waals surface area (Å²) in [4.78, 5) is 11.8. The minimum atomic E-state index is -0.119. The first-order valence-electron chi connectivity index (χ1n) is 5.77. The molecule has 0 unspecified atom stereocenters. The number of allylic oxidation sites excluding steroid dienone is 1. The van der Waals surface area contributed by atoms with Crippen molar-refractivity contribution in [3.8, 4) is 17.5 Å². The molecule has 1 heterocycles. The van der Waals surface area contributed by atoms with E-state index in [9.17, 15) is 4.79 Å². The minimum Gasteiger partial charge on any atom is -0.487 e. The van der Waals surface area contributed by atoms with Crippen molar-refractivity contribution in [1.29, 1.82) is 5.26 Å². The highest BCUT2D eigenvalue weighted by atomic mass is 16.5. The maximum atomic E-state index is 11.8. The zero-order valence-electron chi connectivity index (χ0n) is 10.2. The van der Waals surface area contributed by atoms with Crippen LogP contribution in [0.5, 0.6) is 5.75 Å². The van der Waals surface area contributed by atoms with Crippen molar-refractivity contribution in [1.82, 2.24) is 4.57 Å². The SMILES string of the molecule is N#CC=CCOc1ccccc1-n1ccccc1=O. The van der Waals surface area contributed by atoms with Crippen LogP contribution in [0.2, 0.25) is 0 Å². The van der Waals surface area contributed by atoms with Gasteiger partial charge in [-0.1, -0.05) is 18.2 Å². The first kappa shape index (κ1) is 12.7. The lowest BCUT2D eigenvalue weighted by Crippen LogP contribution is -2.16. The molecule has 1 aromatic carbocycles. The largest absolute Gasteiger partial charge is 0.487 e. The minimum absolute atomic E-state index is 0.119. The quantitative estimate of drug-likeness (QED) is 0.784. The number of hydrogen-bond donors (Lipinski definition) is 0. The van der Waals surface area contributed by atoms with Gasteiger partial charge in [-0.2, -0.15) is 5.26 Å². The first-order chi connectivity index (χ1) is 9.33. The Morgan fingerprint density at radius 3 is 2.79 bits per heavy atom. The van der Waals surface area contributed by atoms with Gasteiger partial charge in [0.15, 0.2) is 0 Å². The Balaban J connectivity index is 2.32. The normalized spacial score (nSPS) is 10.3. The van der Waals surface area contributed by atoms with E-state index in [4.69, 9.17) is 10.00 Å². The molecule has 0 radical (unpaired) electrons. The fourth-order valence-electron chi connectivity index (χ4n) is 1.64. The number of ether oxygens (including phenoxy) is 1. The summed E-state index contributed by atoms with van der Waals surface area (Å²) in [7, 11) is 0. The lowest BCUT2D eigenvalue weighted by atomic mass is 10.3. The molecule has 0 amide bonds. The number of hydrogen-bond acceptors (Lipinski definition) is 3. The molecule has 0 saturated heterocycles. The average Bonchev–Trinajstić information content (AvgIpc) is 2.45. The maximum Gasteiger partial charge on any atom is 0.255 e. The van der Waals surface area contributed by atoms with Crippen LogP contribution in [-0.2, 0) is 0 Å². The van der Waals surface area contributed by atoms with Crippen molar-refractivity contribution >= 4 is 0 Å². The van der Waals surface area contributed by atoms with Gasteiger partial charge in [-0.25, -0.2) is 0 Å². The third kappa shape index (κ3) is 3.11. The molecule has 0 aliphatic carbocycles. The van der Waals surface area contributed by atoms with Crippen molar-refractivity contribution in [3.63, 3.8) is 0 Å². The summed E-state index contributed by atoms with van der Waals surface area (Å²) in [6, 6.07) is 14.1. The summed E-state index contributed by atoms with van der Waals surface area (Å²) in [6.45, 7) is 0.284. The van der Waals surface area contributed by atoms with Gasteiger partial charge in [0.25, 0.3) is 5.56 Å². The van der Waals surface area contributed by atoms with E-state index < -0.39 is 0 Å². The van der Waals surface area contributed by atoms with Crippen molar-refractivity contribution in [3.05, 3.63) is 71.2 Å². The molecule has 0 fully saturated rings. The Morgan fingerprint density at radius 2 is 2.00 bits per heavy atom. The van der Waals surface area contributed by atoms with Gasteiger partial charge in [-0.3, -0.25) is 9.36 Å². The van der Waals surface area contributed by atoms with Crippen LogP contribution in [0.15, 0.2) is 65.6 Å². The van der Waals surface area contributed by atoms with Gasteiger partial charge in [0, 0.05) is 18.3 Å². The third-order valence-corrected chi connectivity index (χ3v) is 2.47. The van der Waals surface area contributed by atoms with Gasteiger partial charge < -0.3 is 4.74 Å². The fourth-order valence-corrected chi connectivity index (χ4v) is 1.64. The molecule has 2 aromatic rings. The summed E-state index contributed by atoms with van der Waals surface area (Å²) in [5, 5.41) is 8.39. The maximum absolute atomic E-state index is 11.8. The highest BCUT2D eigenvalue weighted by Gasteiger charge is 2.05. The molecule has 4 heteroatoms. The Labute approximate surface area is 110 Å². The molecule has 1 aromatic heterocycles. The number of para-hydroxylation sites is 2. The molecule has 94 valence electrons. The highest BCUT2D eigenvalue weighted by molar-refractivity contribution is 5.46. The van der Waals surface area contributed by atoms with E-state index in [1.165, 1.54) is 16.7 Å². The van der Waals surface area contributed by atoms with Crippen molar-refractivity contribution in [2.24, 2.45) is 0 Å². The van der Waals surface area contributed by atoms with E-state index in [1.807, 2.05) is 24.3 Å². The molecular weight excluding hydrogens is 240 g/mol. The number of aromatic nitrogens is 1. The molecule has 0 bridgehead atoms. The Kier molecular flexibility index (Phi) is 4.14. The summed E-state index contributed by atoms with van der Waals surface area (Å²) in [5.41, 5.74) is 0.560.